The van der Waals surface area contributed by atoms with Crippen LogP contribution in [-0.2, 0) is 0 Å². The molecule has 0 atom stereocenters. The molecule has 0 aromatic carbocycles. The summed E-state index contributed by atoms with van der Waals surface area (Å²) in [4.78, 5) is 13.4. The highest BCUT2D eigenvalue weighted by molar-refractivity contribution is 5.36. The third-order valence-electron chi connectivity index (χ3n) is 2.91. The minimum absolute atomic E-state index is 0.978. The number of piperazine rings is 1. The second kappa shape index (κ2) is 4.57. The number of hydrogen-bond acceptors (Lipinski definition) is 4. The molecular formula is C11H18N4. The largest absolute Gasteiger partial charge is 0.353 e. The molecule has 15 heavy (non-hydrogen) atoms. The summed E-state index contributed by atoms with van der Waals surface area (Å²) in [5, 5.41) is 0. The van der Waals surface area contributed by atoms with Gasteiger partial charge in [0.25, 0.3) is 0 Å². The van der Waals surface area contributed by atoms with Crippen molar-refractivity contribution in [1.82, 2.24) is 14.9 Å². The molecule has 1 saturated heterocycles. The van der Waals surface area contributed by atoms with Gasteiger partial charge in [0, 0.05) is 26.2 Å². The Balaban J connectivity index is 1.98. The van der Waals surface area contributed by atoms with Crippen molar-refractivity contribution in [2.45, 2.75) is 13.8 Å². The molecule has 0 N–H and O–H groups in total. The maximum Gasteiger partial charge on any atom is 0.147 e. The van der Waals surface area contributed by atoms with Crippen molar-refractivity contribution >= 4 is 5.82 Å². The molecule has 2 rings (SSSR count). The van der Waals surface area contributed by atoms with Crippen molar-refractivity contribution in [3.63, 3.8) is 0 Å². The number of anilines is 1. The van der Waals surface area contributed by atoms with Gasteiger partial charge in [-0.15, -0.1) is 0 Å². The lowest BCUT2D eigenvalue weighted by atomic mass is 10.3. The fraction of sp³-hybridized carbons (Fsp3) is 0.636. The van der Waals surface area contributed by atoms with Crippen molar-refractivity contribution in [3.8, 4) is 0 Å². The SMILES string of the molecule is CCN1CCN(c2cnc(C)cn2)CC1. The summed E-state index contributed by atoms with van der Waals surface area (Å²) in [6.07, 6.45) is 3.71. The fourth-order valence-electron chi connectivity index (χ4n) is 1.84. The van der Waals surface area contributed by atoms with Gasteiger partial charge in [0.1, 0.15) is 5.82 Å². The lowest BCUT2D eigenvalue weighted by molar-refractivity contribution is 0.270. The summed E-state index contributed by atoms with van der Waals surface area (Å²) in [6.45, 7) is 9.70. The zero-order valence-electron chi connectivity index (χ0n) is 9.48. The summed E-state index contributed by atoms with van der Waals surface area (Å²) >= 11 is 0. The lowest BCUT2D eigenvalue weighted by Gasteiger charge is -2.34. The molecule has 2 heterocycles. The summed E-state index contributed by atoms with van der Waals surface area (Å²) in [7, 11) is 0. The smallest absolute Gasteiger partial charge is 0.147 e. The van der Waals surface area contributed by atoms with Gasteiger partial charge in [-0.3, -0.25) is 4.98 Å². The van der Waals surface area contributed by atoms with E-state index >= 15 is 0 Å². The van der Waals surface area contributed by atoms with E-state index < -0.39 is 0 Å². The molecule has 82 valence electrons. The van der Waals surface area contributed by atoms with Crippen molar-refractivity contribution in [3.05, 3.63) is 18.1 Å². The van der Waals surface area contributed by atoms with Crippen LogP contribution in [0.4, 0.5) is 5.82 Å². The van der Waals surface area contributed by atoms with E-state index in [-0.39, 0.29) is 0 Å². The highest BCUT2D eigenvalue weighted by Gasteiger charge is 2.16. The van der Waals surface area contributed by atoms with E-state index in [1.54, 1.807) is 0 Å². The molecule has 0 aliphatic carbocycles. The Labute approximate surface area is 90.9 Å². The van der Waals surface area contributed by atoms with E-state index in [1.807, 2.05) is 19.3 Å². The maximum atomic E-state index is 4.40. The van der Waals surface area contributed by atoms with Crippen LogP contribution in [0.1, 0.15) is 12.6 Å². The highest BCUT2D eigenvalue weighted by atomic mass is 15.3. The average molecular weight is 206 g/mol. The third-order valence-corrected chi connectivity index (χ3v) is 2.91. The maximum absolute atomic E-state index is 4.40. The van der Waals surface area contributed by atoms with Crippen LogP contribution in [-0.4, -0.2) is 47.6 Å². The number of hydrogen-bond donors (Lipinski definition) is 0. The van der Waals surface area contributed by atoms with Crippen LogP contribution >= 0.6 is 0 Å². The average Bonchev–Trinajstić information content (AvgIpc) is 2.30. The minimum atomic E-state index is 0.978. The molecule has 0 spiro atoms. The topological polar surface area (TPSA) is 32.3 Å². The molecule has 1 aliphatic heterocycles. The van der Waals surface area contributed by atoms with Crippen LogP contribution in [0.3, 0.4) is 0 Å². The van der Waals surface area contributed by atoms with Gasteiger partial charge in [-0.2, -0.15) is 0 Å². The first-order valence-electron chi connectivity index (χ1n) is 5.55. The van der Waals surface area contributed by atoms with Gasteiger partial charge < -0.3 is 9.80 Å². The first-order valence-corrected chi connectivity index (χ1v) is 5.55. The van der Waals surface area contributed by atoms with E-state index in [0.717, 1.165) is 44.2 Å². The molecule has 1 aliphatic rings. The Bertz CT molecular complexity index is 301. The first-order chi connectivity index (χ1) is 7.29. The molecule has 0 unspecified atom stereocenters. The van der Waals surface area contributed by atoms with Crippen molar-refractivity contribution in [2.24, 2.45) is 0 Å². The van der Waals surface area contributed by atoms with Crippen molar-refractivity contribution in [2.75, 3.05) is 37.6 Å². The number of nitrogens with zero attached hydrogens (tertiary/aromatic N) is 4. The Morgan fingerprint density at radius 1 is 1.13 bits per heavy atom. The van der Waals surface area contributed by atoms with E-state index in [2.05, 4.69) is 26.7 Å². The summed E-state index contributed by atoms with van der Waals surface area (Å²) in [5.74, 6) is 1.01. The monoisotopic (exact) mass is 206 g/mol. The van der Waals surface area contributed by atoms with E-state index in [1.165, 1.54) is 0 Å². The molecule has 4 heteroatoms. The summed E-state index contributed by atoms with van der Waals surface area (Å²) in [6, 6.07) is 0. The number of aromatic nitrogens is 2. The van der Waals surface area contributed by atoms with Gasteiger partial charge >= 0.3 is 0 Å². The number of rotatable bonds is 2. The third kappa shape index (κ3) is 2.45. The molecule has 1 fully saturated rings. The van der Waals surface area contributed by atoms with Gasteiger partial charge in [-0.1, -0.05) is 6.92 Å². The van der Waals surface area contributed by atoms with Crippen molar-refractivity contribution < 1.29 is 0 Å². The molecule has 0 radical (unpaired) electrons. The van der Waals surface area contributed by atoms with Gasteiger partial charge in [0.05, 0.1) is 18.1 Å². The molecule has 1 aromatic rings. The lowest BCUT2D eigenvalue weighted by Crippen LogP contribution is -2.46. The zero-order chi connectivity index (χ0) is 10.7. The van der Waals surface area contributed by atoms with Crippen LogP contribution in [0, 0.1) is 6.92 Å². The standard InChI is InChI=1S/C11H18N4/c1-3-14-4-6-15(7-5-14)11-9-12-10(2)8-13-11/h8-9H,3-7H2,1-2H3. The molecule has 1 aromatic heterocycles. The van der Waals surface area contributed by atoms with E-state index in [0.29, 0.717) is 0 Å². The fourth-order valence-corrected chi connectivity index (χ4v) is 1.84. The van der Waals surface area contributed by atoms with Gasteiger partial charge in [0.15, 0.2) is 0 Å². The summed E-state index contributed by atoms with van der Waals surface area (Å²) < 4.78 is 0. The Morgan fingerprint density at radius 2 is 1.87 bits per heavy atom. The van der Waals surface area contributed by atoms with Crippen LogP contribution in [0.15, 0.2) is 12.4 Å². The highest BCUT2D eigenvalue weighted by Crippen LogP contribution is 2.11. The number of aryl methyl sites for hydroxylation is 1. The van der Waals surface area contributed by atoms with Gasteiger partial charge in [-0.25, -0.2) is 4.98 Å². The second-order valence-electron chi connectivity index (χ2n) is 3.94. The predicted molar refractivity (Wildman–Crippen MR) is 61.1 cm³/mol. The molecule has 4 nitrogen and oxygen atoms in total. The van der Waals surface area contributed by atoms with E-state index in [4.69, 9.17) is 0 Å². The van der Waals surface area contributed by atoms with Gasteiger partial charge in [-0.05, 0) is 13.5 Å². The van der Waals surface area contributed by atoms with Crippen LogP contribution in [0.5, 0.6) is 0 Å². The Kier molecular flexibility index (Phi) is 3.16. The molecule has 0 saturated carbocycles. The van der Waals surface area contributed by atoms with Crippen LogP contribution in [0.25, 0.3) is 0 Å². The van der Waals surface area contributed by atoms with Crippen LogP contribution < -0.4 is 4.90 Å². The quantitative estimate of drug-likeness (QED) is 0.720. The van der Waals surface area contributed by atoms with Crippen molar-refractivity contribution in [1.29, 1.82) is 0 Å². The van der Waals surface area contributed by atoms with Crippen LogP contribution in [0.2, 0.25) is 0 Å². The first kappa shape index (κ1) is 10.4. The Hall–Kier alpha value is -1.16. The van der Waals surface area contributed by atoms with Gasteiger partial charge in [0.2, 0.25) is 0 Å². The normalized spacial score (nSPS) is 18.1. The second-order valence-corrected chi connectivity index (χ2v) is 3.94. The number of likely N-dealkylation sites (N-methyl/N-ethyl adjacent to an activating group) is 1. The Morgan fingerprint density at radius 3 is 2.40 bits per heavy atom. The minimum Gasteiger partial charge on any atom is -0.353 e. The summed E-state index contributed by atoms with van der Waals surface area (Å²) in [5.41, 5.74) is 0.978. The van der Waals surface area contributed by atoms with E-state index in [9.17, 15) is 0 Å². The zero-order valence-corrected chi connectivity index (χ0v) is 9.48. The molecule has 0 bridgehead atoms. The predicted octanol–water partition coefficient (Wildman–Crippen LogP) is 0.927. The molecular weight excluding hydrogens is 188 g/mol. The molecule has 0 amide bonds.